The number of nitrogens with one attached hydrogen (secondary N) is 1. The van der Waals surface area contributed by atoms with Crippen LogP contribution in [0.25, 0.3) is 0 Å². The van der Waals surface area contributed by atoms with E-state index in [0.717, 1.165) is 25.1 Å². The monoisotopic (exact) mass is 307 g/mol. The first-order valence-electron chi connectivity index (χ1n) is 7.88. The van der Waals surface area contributed by atoms with E-state index in [-0.39, 0.29) is 23.0 Å². The van der Waals surface area contributed by atoms with Crippen LogP contribution in [0, 0.1) is 0 Å². The summed E-state index contributed by atoms with van der Waals surface area (Å²) in [6.07, 6.45) is 1.92. The number of H-pyrrole nitrogens is 1. The highest BCUT2D eigenvalue weighted by Crippen LogP contribution is 2.37. The summed E-state index contributed by atoms with van der Waals surface area (Å²) >= 11 is 0. The van der Waals surface area contributed by atoms with E-state index < -0.39 is 0 Å². The van der Waals surface area contributed by atoms with Crippen LogP contribution in [0.5, 0.6) is 0 Å². The van der Waals surface area contributed by atoms with Crippen LogP contribution in [0.3, 0.4) is 0 Å². The van der Waals surface area contributed by atoms with Crippen molar-refractivity contribution in [2.24, 2.45) is 0 Å². The number of hydrogen-bond donors (Lipinski definition) is 1. The molecule has 2 aliphatic rings. The highest BCUT2D eigenvalue weighted by atomic mass is 16.6. The predicted molar refractivity (Wildman–Crippen MR) is 81.9 cm³/mol. The Morgan fingerprint density at radius 1 is 1.55 bits per heavy atom. The van der Waals surface area contributed by atoms with Crippen LogP contribution >= 0.6 is 0 Å². The SMILES string of the molecule is CO[C@H]1CN(C(=O)c2cc(C(C)(C)C)[nH]n2)C[C@@]12CCCO2. The molecule has 1 aromatic heterocycles. The van der Waals surface area contributed by atoms with Gasteiger partial charge in [-0.1, -0.05) is 20.8 Å². The van der Waals surface area contributed by atoms with Gasteiger partial charge in [-0.3, -0.25) is 9.89 Å². The molecular weight excluding hydrogens is 282 g/mol. The molecule has 122 valence electrons. The molecule has 1 amide bonds. The minimum absolute atomic E-state index is 0.0542. The van der Waals surface area contributed by atoms with Crippen LogP contribution in [0.2, 0.25) is 0 Å². The molecule has 0 radical (unpaired) electrons. The van der Waals surface area contributed by atoms with Crippen LogP contribution in [0.15, 0.2) is 6.07 Å². The molecule has 0 aliphatic carbocycles. The van der Waals surface area contributed by atoms with E-state index in [0.29, 0.717) is 18.8 Å². The third kappa shape index (κ3) is 2.54. The molecule has 0 bridgehead atoms. The standard InChI is InChI=1S/C16H25N3O3/c1-15(2,3)12-8-11(17-18-12)14(20)19-9-13(21-4)16(10-19)6-5-7-22-16/h8,13H,5-7,9-10H2,1-4H3,(H,17,18)/t13-,16-/m0/s1. The lowest BCUT2D eigenvalue weighted by atomic mass is 9.92. The summed E-state index contributed by atoms with van der Waals surface area (Å²) in [5, 5.41) is 7.17. The van der Waals surface area contributed by atoms with Crippen LogP contribution in [0.4, 0.5) is 0 Å². The van der Waals surface area contributed by atoms with Crippen LogP contribution in [-0.4, -0.2) is 59.5 Å². The normalized spacial score (nSPS) is 28.7. The lowest BCUT2D eigenvalue weighted by Crippen LogP contribution is -2.42. The largest absolute Gasteiger partial charge is 0.377 e. The van der Waals surface area contributed by atoms with E-state index in [1.807, 2.05) is 11.0 Å². The van der Waals surface area contributed by atoms with Gasteiger partial charge in [0.2, 0.25) is 0 Å². The quantitative estimate of drug-likeness (QED) is 0.903. The maximum Gasteiger partial charge on any atom is 0.274 e. The summed E-state index contributed by atoms with van der Waals surface area (Å²) < 4.78 is 11.5. The zero-order valence-electron chi connectivity index (χ0n) is 13.8. The number of carbonyl (C=O) groups excluding carboxylic acids is 1. The van der Waals surface area contributed by atoms with E-state index in [2.05, 4.69) is 31.0 Å². The van der Waals surface area contributed by atoms with Crippen molar-refractivity contribution >= 4 is 5.91 Å². The van der Waals surface area contributed by atoms with Crippen molar-refractivity contribution in [1.82, 2.24) is 15.1 Å². The molecule has 2 fully saturated rings. The Labute approximate surface area is 131 Å². The van der Waals surface area contributed by atoms with Crippen molar-refractivity contribution in [1.29, 1.82) is 0 Å². The van der Waals surface area contributed by atoms with Gasteiger partial charge < -0.3 is 14.4 Å². The second kappa shape index (κ2) is 5.35. The van der Waals surface area contributed by atoms with Gasteiger partial charge in [0, 0.05) is 24.8 Å². The summed E-state index contributed by atoms with van der Waals surface area (Å²) in [7, 11) is 1.69. The summed E-state index contributed by atoms with van der Waals surface area (Å²) in [4.78, 5) is 14.5. The molecule has 6 nitrogen and oxygen atoms in total. The minimum Gasteiger partial charge on any atom is -0.377 e. The molecule has 22 heavy (non-hydrogen) atoms. The van der Waals surface area contributed by atoms with Gasteiger partial charge in [-0.25, -0.2) is 0 Å². The highest BCUT2D eigenvalue weighted by Gasteiger charge is 2.51. The Morgan fingerprint density at radius 2 is 2.32 bits per heavy atom. The Hall–Kier alpha value is -1.40. The first kappa shape index (κ1) is 15.5. The van der Waals surface area contributed by atoms with Crippen molar-refractivity contribution in [3.05, 3.63) is 17.5 Å². The van der Waals surface area contributed by atoms with Gasteiger partial charge in [0.1, 0.15) is 17.4 Å². The number of likely N-dealkylation sites (tertiary alicyclic amines) is 1. The topological polar surface area (TPSA) is 67.5 Å². The van der Waals surface area contributed by atoms with E-state index in [1.54, 1.807) is 7.11 Å². The maximum absolute atomic E-state index is 12.7. The van der Waals surface area contributed by atoms with Gasteiger partial charge >= 0.3 is 0 Å². The zero-order valence-corrected chi connectivity index (χ0v) is 13.8. The molecule has 2 saturated heterocycles. The van der Waals surface area contributed by atoms with E-state index in [9.17, 15) is 4.79 Å². The van der Waals surface area contributed by atoms with Crippen molar-refractivity contribution in [3.8, 4) is 0 Å². The van der Waals surface area contributed by atoms with Gasteiger partial charge in [0.05, 0.1) is 13.1 Å². The molecule has 1 N–H and O–H groups in total. The van der Waals surface area contributed by atoms with Gasteiger partial charge in [0.15, 0.2) is 0 Å². The first-order chi connectivity index (χ1) is 10.4. The number of amides is 1. The van der Waals surface area contributed by atoms with Crippen molar-refractivity contribution < 1.29 is 14.3 Å². The summed E-state index contributed by atoms with van der Waals surface area (Å²) in [6.45, 7) is 8.17. The molecule has 3 heterocycles. The van der Waals surface area contributed by atoms with Crippen molar-refractivity contribution in [3.63, 3.8) is 0 Å². The van der Waals surface area contributed by atoms with Gasteiger partial charge in [0.25, 0.3) is 5.91 Å². The van der Waals surface area contributed by atoms with Crippen molar-refractivity contribution in [2.75, 3.05) is 26.8 Å². The fraction of sp³-hybridized carbons (Fsp3) is 0.750. The Bertz CT molecular complexity index is 555. The third-order valence-electron chi connectivity index (χ3n) is 4.74. The number of hydrogen-bond acceptors (Lipinski definition) is 4. The van der Waals surface area contributed by atoms with Gasteiger partial charge in [-0.15, -0.1) is 0 Å². The highest BCUT2D eigenvalue weighted by molar-refractivity contribution is 5.92. The maximum atomic E-state index is 12.7. The average molecular weight is 307 g/mol. The first-order valence-corrected chi connectivity index (χ1v) is 7.88. The third-order valence-corrected chi connectivity index (χ3v) is 4.74. The Kier molecular flexibility index (Phi) is 3.77. The number of aromatic nitrogens is 2. The number of methoxy groups -OCH3 is 1. The van der Waals surface area contributed by atoms with E-state index in [4.69, 9.17) is 9.47 Å². The number of aromatic amines is 1. The van der Waals surface area contributed by atoms with Crippen LogP contribution in [0.1, 0.15) is 49.8 Å². The predicted octanol–water partition coefficient (Wildman–Crippen LogP) is 1.73. The number of rotatable bonds is 2. The van der Waals surface area contributed by atoms with Crippen molar-refractivity contribution in [2.45, 2.75) is 50.7 Å². The summed E-state index contributed by atoms with van der Waals surface area (Å²) in [5.41, 5.74) is 1.05. The number of ether oxygens (including phenoxy) is 2. The minimum atomic E-state index is -0.326. The van der Waals surface area contributed by atoms with E-state index >= 15 is 0 Å². The molecule has 3 rings (SSSR count). The summed E-state index contributed by atoms with van der Waals surface area (Å²) in [6, 6.07) is 1.85. The average Bonchev–Trinajstić information content (AvgIpc) is 3.17. The van der Waals surface area contributed by atoms with E-state index in [1.165, 1.54) is 0 Å². The molecule has 0 unspecified atom stereocenters. The molecule has 6 heteroatoms. The molecule has 1 spiro atoms. The summed E-state index contributed by atoms with van der Waals surface area (Å²) in [5.74, 6) is -0.0545. The van der Waals surface area contributed by atoms with Crippen LogP contribution in [-0.2, 0) is 14.9 Å². The number of nitrogens with zero attached hydrogens (tertiary/aromatic N) is 2. The van der Waals surface area contributed by atoms with Crippen LogP contribution < -0.4 is 0 Å². The second-order valence-corrected chi connectivity index (χ2v) is 7.34. The van der Waals surface area contributed by atoms with Gasteiger partial charge in [-0.2, -0.15) is 5.10 Å². The lowest BCUT2D eigenvalue weighted by molar-refractivity contribution is -0.0754. The molecule has 0 saturated carbocycles. The molecule has 0 aromatic carbocycles. The lowest BCUT2D eigenvalue weighted by Gasteiger charge is -2.27. The molecule has 2 aliphatic heterocycles. The smallest absolute Gasteiger partial charge is 0.274 e. The fourth-order valence-corrected chi connectivity index (χ4v) is 3.38. The molecule has 1 aromatic rings. The molecule has 2 atom stereocenters. The second-order valence-electron chi connectivity index (χ2n) is 7.34. The Morgan fingerprint density at radius 3 is 2.86 bits per heavy atom. The molecular formula is C16H25N3O3. The van der Waals surface area contributed by atoms with Gasteiger partial charge in [-0.05, 0) is 18.9 Å². The fourth-order valence-electron chi connectivity index (χ4n) is 3.38. The number of carbonyl (C=O) groups is 1. The zero-order chi connectivity index (χ0) is 16.0. The Balaban J connectivity index is 1.77.